The van der Waals surface area contributed by atoms with Gasteiger partial charge in [0.2, 0.25) is 0 Å². The molecule has 3 aromatic rings. The third-order valence-corrected chi connectivity index (χ3v) is 5.03. The van der Waals surface area contributed by atoms with Gasteiger partial charge >= 0.3 is 0 Å². The molecule has 3 rings (SSSR count). The Hall–Kier alpha value is -2.13. The first-order valence-electron chi connectivity index (χ1n) is 7.67. The van der Waals surface area contributed by atoms with Gasteiger partial charge in [0.1, 0.15) is 0 Å². The van der Waals surface area contributed by atoms with Crippen molar-refractivity contribution in [1.82, 2.24) is 4.98 Å². The van der Waals surface area contributed by atoms with E-state index in [4.69, 9.17) is 0 Å². The summed E-state index contributed by atoms with van der Waals surface area (Å²) in [6.07, 6.45) is 3.68. The van der Waals surface area contributed by atoms with Crippen molar-refractivity contribution in [3.05, 3.63) is 60.9 Å². The third kappa shape index (κ3) is 3.04. The number of aromatic nitrogens is 1. The number of hydrogen-bond donors (Lipinski definition) is 0. The summed E-state index contributed by atoms with van der Waals surface area (Å²) in [5, 5.41) is 0. The molecule has 0 radical (unpaired) electrons. The van der Waals surface area contributed by atoms with Crippen LogP contribution in [-0.4, -0.2) is 18.1 Å². The fourth-order valence-corrected chi connectivity index (χ4v) is 3.61. The smallest absolute Gasteiger partial charge is 0.0366 e. The van der Waals surface area contributed by atoms with E-state index in [1.807, 2.05) is 23.7 Å². The predicted molar refractivity (Wildman–Crippen MR) is 96.5 cm³/mol. The average molecular weight is 308 g/mol. The fraction of sp³-hybridized carbons (Fsp3) is 0.211. The first-order chi connectivity index (χ1) is 10.8. The Balaban J connectivity index is 1.85. The Labute approximate surface area is 136 Å². The normalized spacial score (nSPS) is 10.6. The van der Waals surface area contributed by atoms with E-state index >= 15 is 0 Å². The minimum absolute atomic E-state index is 1.04. The van der Waals surface area contributed by atoms with Gasteiger partial charge in [0.25, 0.3) is 0 Å². The second kappa shape index (κ2) is 6.75. The van der Waals surface area contributed by atoms with Crippen molar-refractivity contribution in [3.63, 3.8) is 0 Å². The average Bonchev–Trinajstić information content (AvgIpc) is 3.07. The summed E-state index contributed by atoms with van der Waals surface area (Å²) in [7, 11) is 0. The molecule has 0 aliphatic carbocycles. The monoisotopic (exact) mass is 308 g/mol. The van der Waals surface area contributed by atoms with Crippen LogP contribution in [-0.2, 0) is 0 Å². The number of nitrogens with zero attached hydrogens (tertiary/aromatic N) is 2. The van der Waals surface area contributed by atoms with Crippen LogP contribution in [0.5, 0.6) is 0 Å². The fourth-order valence-electron chi connectivity index (χ4n) is 2.59. The molecule has 2 heterocycles. The molecule has 0 saturated heterocycles. The molecule has 0 amide bonds. The molecule has 0 saturated carbocycles. The quantitative estimate of drug-likeness (QED) is 0.634. The van der Waals surface area contributed by atoms with Gasteiger partial charge in [-0.15, -0.1) is 11.3 Å². The van der Waals surface area contributed by atoms with Crippen molar-refractivity contribution in [2.24, 2.45) is 0 Å². The Morgan fingerprint density at radius 1 is 0.773 bits per heavy atom. The van der Waals surface area contributed by atoms with Crippen LogP contribution in [0, 0.1) is 0 Å². The maximum absolute atomic E-state index is 4.08. The zero-order valence-corrected chi connectivity index (χ0v) is 13.8. The summed E-state index contributed by atoms with van der Waals surface area (Å²) in [6.45, 7) is 6.47. The van der Waals surface area contributed by atoms with Crippen LogP contribution in [0.1, 0.15) is 13.8 Å². The number of thiophene rings is 1. The number of anilines is 1. The molecule has 0 spiro atoms. The van der Waals surface area contributed by atoms with Gasteiger partial charge in [-0.1, -0.05) is 12.1 Å². The first-order valence-corrected chi connectivity index (χ1v) is 8.49. The van der Waals surface area contributed by atoms with Crippen LogP contribution in [0.25, 0.3) is 20.9 Å². The molecule has 0 unspecified atom stereocenters. The van der Waals surface area contributed by atoms with Crippen LogP contribution in [0.2, 0.25) is 0 Å². The van der Waals surface area contributed by atoms with E-state index in [0.29, 0.717) is 0 Å². The van der Waals surface area contributed by atoms with Crippen LogP contribution in [0.4, 0.5) is 5.69 Å². The van der Waals surface area contributed by atoms with Crippen LogP contribution >= 0.6 is 11.3 Å². The van der Waals surface area contributed by atoms with E-state index in [0.717, 1.165) is 13.1 Å². The van der Waals surface area contributed by atoms with Gasteiger partial charge in [-0.2, -0.15) is 0 Å². The summed E-state index contributed by atoms with van der Waals surface area (Å²) in [4.78, 5) is 9.03. The zero-order valence-electron chi connectivity index (χ0n) is 13.0. The van der Waals surface area contributed by atoms with Gasteiger partial charge < -0.3 is 4.90 Å². The van der Waals surface area contributed by atoms with E-state index in [1.54, 1.807) is 0 Å². The summed E-state index contributed by atoms with van der Waals surface area (Å²) < 4.78 is 0. The van der Waals surface area contributed by atoms with Gasteiger partial charge in [-0.05, 0) is 61.4 Å². The maximum Gasteiger partial charge on any atom is 0.0366 e. The van der Waals surface area contributed by atoms with E-state index in [9.17, 15) is 0 Å². The van der Waals surface area contributed by atoms with Crippen molar-refractivity contribution >= 4 is 17.0 Å². The minimum Gasteiger partial charge on any atom is -0.372 e. The highest BCUT2D eigenvalue weighted by atomic mass is 32.1. The lowest BCUT2D eigenvalue weighted by Gasteiger charge is -2.21. The molecule has 2 nitrogen and oxygen atoms in total. The highest BCUT2D eigenvalue weighted by Gasteiger charge is 2.06. The molecule has 0 atom stereocenters. The molecule has 22 heavy (non-hydrogen) atoms. The van der Waals surface area contributed by atoms with Crippen molar-refractivity contribution in [1.29, 1.82) is 0 Å². The molecule has 3 heteroatoms. The van der Waals surface area contributed by atoms with Gasteiger partial charge in [-0.25, -0.2) is 0 Å². The van der Waals surface area contributed by atoms with Crippen LogP contribution in [0.15, 0.2) is 60.9 Å². The number of rotatable bonds is 5. The summed E-state index contributed by atoms with van der Waals surface area (Å²) >= 11 is 1.82. The number of pyridine rings is 1. The van der Waals surface area contributed by atoms with Crippen molar-refractivity contribution in [3.8, 4) is 20.9 Å². The molecule has 112 valence electrons. The lowest BCUT2D eigenvalue weighted by Crippen LogP contribution is -2.21. The standard InChI is InChI=1S/C19H20N2S/c1-3-21(4-2)17-7-5-15(6-8-17)18-9-10-19(22-18)16-11-13-20-14-12-16/h5-14H,3-4H2,1-2H3. The molecule has 0 bridgehead atoms. The van der Waals surface area contributed by atoms with E-state index in [1.165, 1.54) is 26.6 Å². The molecule has 0 fully saturated rings. The first kappa shape index (κ1) is 14.8. The Morgan fingerprint density at radius 3 is 1.86 bits per heavy atom. The molecular formula is C19H20N2S. The molecule has 0 aliphatic rings. The lowest BCUT2D eigenvalue weighted by atomic mass is 10.1. The van der Waals surface area contributed by atoms with E-state index in [-0.39, 0.29) is 0 Å². The highest BCUT2D eigenvalue weighted by molar-refractivity contribution is 7.18. The van der Waals surface area contributed by atoms with Crippen molar-refractivity contribution in [2.45, 2.75) is 13.8 Å². The zero-order chi connectivity index (χ0) is 15.4. The van der Waals surface area contributed by atoms with Crippen molar-refractivity contribution < 1.29 is 0 Å². The minimum atomic E-state index is 1.04. The van der Waals surface area contributed by atoms with Crippen LogP contribution in [0.3, 0.4) is 0 Å². The maximum atomic E-state index is 4.08. The topological polar surface area (TPSA) is 16.1 Å². The molecule has 2 aromatic heterocycles. The van der Waals surface area contributed by atoms with Crippen LogP contribution < -0.4 is 4.90 Å². The summed E-state index contributed by atoms with van der Waals surface area (Å²) in [5.74, 6) is 0. The van der Waals surface area contributed by atoms with E-state index < -0.39 is 0 Å². The number of benzene rings is 1. The SMILES string of the molecule is CCN(CC)c1ccc(-c2ccc(-c3ccncc3)s2)cc1. The Morgan fingerprint density at radius 2 is 1.32 bits per heavy atom. The Bertz CT molecular complexity index is 713. The lowest BCUT2D eigenvalue weighted by molar-refractivity contribution is 0.866. The van der Waals surface area contributed by atoms with Gasteiger partial charge in [-0.3, -0.25) is 4.98 Å². The van der Waals surface area contributed by atoms with Crippen molar-refractivity contribution in [2.75, 3.05) is 18.0 Å². The summed E-state index contributed by atoms with van der Waals surface area (Å²) in [6, 6.07) is 17.4. The van der Waals surface area contributed by atoms with E-state index in [2.05, 4.69) is 72.3 Å². The molecular weight excluding hydrogens is 288 g/mol. The molecule has 0 N–H and O–H groups in total. The summed E-state index contributed by atoms with van der Waals surface area (Å²) in [5.41, 5.74) is 3.80. The molecule has 1 aromatic carbocycles. The second-order valence-corrected chi connectivity index (χ2v) is 6.20. The molecule has 0 aliphatic heterocycles. The highest BCUT2D eigenvalue weighted by Crippen LogP contribution is 2.34. The van der Waals surface area contributed by atoms with Gasteiger partial charge in [0.05, 0.1) is 0 Å². The largest absolute Gasteiger partial charge is 0.372 e. The Kier molecular flexibility index (Phi) is 4.54. The third-order valence-electron chi connectivity index (χ3n) is 3.85. The number of hydrogen-bond acceptors (Lipinski definition) is 3. The predicted octanol–water partition coefficient (Wildman–Crippen LogP) is 5.32. The van der Waals surface area contributed by atoms with Gasteiger partial charge in [0.15, 0.2) is 0 Å². The second-order valence-electron chi connectivity index (χ2n) is 5.12. The van der Waals surface area contributed by atoms with Gasteiger partial charge in [0, 0.05) is 40.9 Å².